The first-order chi connectivity index (χ1) is 14.7. The number of phenolic OH excluding ortho intramolecular Hbond substituents is 1. The summed E-state index contributed by atoms with van der Waals surface area (Å²) in [6, 6.07) is 2.91. The van der Waals surface area contributed by atoms with Crippen molar-refractivity contribution in [3.05, 3.63) is 22.4 Å². The van der Waals surface area contributed by atoms with Crippen LogP contribution in [0, 0.1) is 0 Å². The van der Waals surface area contributed by atoms with Crippen LogP contribution in [0.15, 0.2) is 21.3 Å². The molecule has 1 N–H and O–H groups in total. The number of methoxy groups -OCH3 is 1. The number of hydrogen-bond acceptors (Lipinski definition) is 7. The van der Waals surface area contributed by atoms with Gasteiger partial charge in [0.15, 0.2) is 11.5 Å². The van der Waals surface area contributed by atoms with Gasteiger partial charge >= 0.3 is 0 Å². The van der Waals surface area contributed by atoms with Crippen LogP contribution in [0.4, 0.5) is 0 Å². The normalized spacial score (nSPS) is 18.4. The summed E-state index contributed by atoms with van der Waals surface area (Å²) in [6.07, 6.45) is 9.16. The molecule has 2 aliphatic rings. The Hall–Kier alpha value is -2.41. The Bertz CT molecular complexity index is 912. The van der Waals surface area contributed by atoms with E-state index in [1.54, 1.807) is 6.07 Å². The third-order valence-electron chi connectivity index (χ3n) is 6.04. The van der Waals surface area contributed by atoms with Crippen molar-refractivity contribution in [3.8, 4) is 23.2 Å². The summed E-state index contributed by atoms with van der Waals surface area (Å²) >= 11 is 0. The van der Waals surface area contributed by atoms with E-state index in [0.29, 0.717) is 12.4 Å². The maximum atomic E-state index is 12.7. The number of ether oxygens (including phenoxy) is 3. The first-order valence-electron chi connectivity index (χ1n) is 11.1. The number of likely N-dealkylation sites (tertiary alicyclic amines) is 1. The molecule has 0 bridgehead atoms. The van der Waals surface area contributed by atoms with E-state index in [4.69, 9.17) is 18.6 Å². The van der Waals surface area contributed by atoms with Crippen LogP contribution in [-0.4, -0.2) is 49.5 Å². The maximum absolute atomic E-state index is 12.7. The summed E-state index contributed by atoms with van der Waals surface area (Å²) < 4.78 is 23.0. The number of benzene rings is 1. The molecule has 4 rings (SSSR count). The third kappa shape index (κ3) is 4.67. The summed E-state index contributed by atoms with van der Waals surface area (Å²) in [5.41, 5.74) is -0.127. The van der Waals surface area contributed by atoms with Crippen molar-refractivity contribution in [3.63, 3.8) is 0 Å². The van der Waals surface area contributed by atoms with Crippen LogP contribution in [0.2, 0.25) is 0 Å². The molecule has 7 heteroatoms. The van der Waals surface area contributed by atoms with E-state index < -0.39 is 0 Å². The molecule has 2 aromatic rings. The van der Waals surface area contributed by atoms with Gasteiger partial charge in [-0.3, -0.25) is 9.69 Å². The van der Waals surface area contributed by atoms with Crippen LogP contribution in [0.25, 0.3) is 11.0 Å². The van der Waals surface area contributed by atoms with Gasteiger partial charge in [-0.15, -0.1) is 0 Å². The van der Waals surface area contributed by atoms with Gasteiger partial charge in [0, 0.05) is 12.6 Å². The van der Waals surface area contributed by atoms with Crippen LogP contribution >= 0.6 is 0 Å². The van der Waals surface area contributed by atoms with Crippen molar-refractivity contribution < 1.29 is 23.7 Å². The van der Waals surface area contributed by atoms with Crippen LogP contribution in [0.5, 0.6) is 23.2 Å². The minimum Gasteiger partial charge on any atom is -0.504 e. The molecule has 30 heavy (non-hydrogen) atoms. The molecule has 0 unspecified atom stereocenters. The Morgan fingerprint density at radius 2 is 1.83 bits per heavy atom. The van der Waals surface area contributed by atoms with Crippen molar-refractivity contribution in [2.24, 2.45) is 0 Å². The molecule has 1 aliphatic heterocycles. The highest BCUT2D eigenvalue weighted by atomic mass is 16.6. The number of phenols is 1. The first-order valence-corrected chi connectivity index (χ1v) is 11.1. The molecule has 2 fully saturated rings. The minimum atomic E-state index is -0.363. The summed E-state index contributed by atoms with van der Waals surface area (Å²) in [5, 5.41) is 10.7. The zero-order valence-corrected chi connectivity index (χ0v) is 17.7. The highest BCUT2D eigenvalue weighted by Crippen LogP contribution is 2.42. The van der Waals surface area contributed by atoms with Crippen LogP contribution < -0.4 is 19.6 Å². The predicted octanol–water partition coefficient (Wildman–Crippen LogP) is 4.08. The van der Waals surface area contributed by atoms with Crippen molar-refractivity contribution in [1.82, 2.24) is 4.90 Å². The molecule has 0 spiro atoms. The van der Waals surface area contributed by atoms with Gasteiger partial charge in [-0.05, 0) is 51.6 Å². The largest absolute Gasteiger partial charge is 0.504 e. The number of hydrogen-bond donors (Lipinski definition) is 1. The Balaban J connectivity index is 1.56. The van der Waals surface area contributed by atoms with Gasteiger partial charge in [-0.1, -0.05) is 12.8 Å². The second-order valence-corrected chi connectivity index (χ2v) is 8.19. The van der Waals surface area contributed by atoms with E-state index in [1.165, 1.54) is 38.9 Å². The van der Waals surface area contributed by atoms with E-state index >= 15 is 0 Å². The van der Waals surface area contributed by atoms with Gasteiger partial charge in [-0.2, -0.15) is 0 Å². The lowest BCUT2D eigenvalue weighted by atomic mass is 9.98. The highest BCUT2D eigenvalue weighted by Gasteiger charge is 2.22. The quantitative estimate of drug-likeness (QED) is 0.727. The number of rotatable bonds is 7. The summed E-state index contributed by atoms with van der Waals surface area (Å²) in [6.45, 7) is 3.43. The average molecular weight is 418 g/mol. The topological polar surface area (TPSA) is 81.4 Å². The monoisotopic (exact) mass is 417 g/mol. The lowest BCUT2D eigenvalue weighted by Gasteiger charge is -2.26. The van der Waals surface area contributed by atoms with Crippen molar-refractivity contribution in [1.29, 1.82) is 0 Å². The number of nitrogens with zero attached hydrogens (tertiary/aromatic N) is 1. The molecule has 0 radical (unpaired) electrons. The van der Waals surface area contributed by atoms with Gasteiger partial charge in [0.25, 0.3) is 5.95 Å². The van der Waals surface area contributed by atoms with E-state index in [2.05, 4.69) is 4.90 Å². The van der Waals surface area contributed by atoms with E-state index in [-0.39, 0.29) is 39.9 Å². The fourth-order valence-corrected chi connectivity index (χ4v) is 4.42. The molecule has 2 heterocycles. The smallest absolute Gasteiger partial charge is 0.289 e. The van der Waals surface area contributed by atoms with Crippen molar-refractivity contribution >= 4 is 11.0 Å². The van der Waals surface area contributed by atoms with Gasteiger partial charge in [0.2, 0.25) is 11.2 Å². The lowest BCUT2D eigenvalue weighted by molar-refractivity contribution is 0.121. The Labute approximate surface area is 176 Å². The van der Waals surface area contributed by atoms with Crippen molar-refractivity contribution in [2.75, 3.05) is 33.4 Å². The van der Waals surface area contributed by atoms with E-state index in [0.717, 1.165) is 45.3 Å². The summed E-state index contributed by atoms with van der Waals surface area (Å²) in [5.74, 6) is 0.427. The van der Waals surface area contributed by atoms with E-state index in [9.17, 15) is 9.90 Å². The minimum absolute atomic E-state index is 0.0615. The molecular formula is C23H31NO6. The average Bonchev–Trinajstić information content (AvgIpc) is 2.75. The Kier molecular flexibility index (Phi) is 6.67. The molecule has 0 atom stereocenters. The predicted molar refractivity (Wildman–Crippen MR) is 114 cm³/mol. The van der Waals surface area contributed by atoms with E-state index in [1.807, 2.05) is 0 Å². The molecule has 1 saturated carbocycles. The first kappa shape index (κ1) is 20.8. The van der Waals surface area contributed by atoms with Gasteiger partial charge in [0.1, 0.15) is 23.7 Å². The Morgan fingerprint density at radius 3 is 2.57 bits per heavy atom. The molecule has 0 amide bonds. The number of aromatic hydroxyl groups is 1. The molecule has 1 aliphatic carbocycles. The fourth-order valence-electron chi connectivity index (χ4n) is 4.42. The summed E-state index contributed by atoms with van der Waals surface area (Å²) in [7, 11) is 1.44. The Morgan fingerprint density at radius 1 is 1.10 bits per heavy atom. The maximum Gasteiger partial charge on any atom is 0.289 e. The molecule has 7 nitrogen and oxygen atoms in total. The van der Waals surface area contributed by atoms with Crippen LogP contribution in [0.3, 0.4) is 0 Å². The van der Waals surface area contributed by atoms with Crippen molar-refractivity contribution in [2.45, 2.75) is 57.5 Å². The zero-order chi connectivity index (χ0) is 20.9. The molecule has 1 aromatic carbocycles. The SMILES string of the molecule is COc1c(OCCN2CCCCC2)cc2oc(OC3CCCCC3)cc(=O)c2c1O. The standard InChI is InChI=1S/C23H31NO6/c1-27-23-19(28-13-12-24-10-6-3-7-11-24)15-18-21(22(23)26)17(25)14-20(30-18)29-16-8-4-2-5-9-16/h14-16,26H,2-13H2,1H3. The third-order valence-corrected chi connectivity index (χ3v) is 6.04. The molecular weight excluding hydrogens is 386 g/mol. The van der Waals surface area contributed by atoms with Gasteiger partial charge < -0.3 is 23.7 Å². The van der Waals surface area contributed by atoms with Crippen LogP contribution in [-0.2, 0) is 0 Å². The number of piperidine rings is 1. The molecule has 164 valence electrons. The molecule has 1 aromatic heterocycles. The second-order valence-electron chi connectivity index (χ2n) is 8.19. The zero-order valence-electron chi connectivity index (χ0n) is 17.7. The second kappa shape index (κ2) is 9.60. The summed E-state index contributed by atoms with van der Waals surface area (Å²) in [4.78, 5) is 15.0. The van der Waals surface area contributed by atoms with Gasteiger partial charge in [0.05, 0.1) is 13.2 Å². The van der Waals surface area contributed by atoms with Gasteiger partial charge in [-0.25, -0.2) is 0 Å². The molecule has 1 saturated heterocycles. The lowest BCUT2D eigenvalue weighted by Crippen LogP contribution is -2.33. The van der Waals surface area contributed by atoms with Crippen LogP contribution in [0.1, 0.15) is 51.4 Å². The fraction of sp³-hybridized carbons (Fsp3) is 0.609. The highest BCUT2D eigenvalue weighted by molar-refractivity contribution is 5.88. The number of fused-ring (bicyclic) bond motifs is 1.